The summed E-state index contributed by atoms with van der Waals surface area (Å²) in [5.74, 6) is -1.57. The molecule has 1 aliphatic rings. The van der Waals surface area contributed by atoms with Crippen molar-refractivity contribution in [1.82, 2.24) is 24.3 Å². The predicted octanol–water partition coefficient (Wildman–Crippen LogP) is 7.41. The van der Waals surface area contributed by atoms with Crippen molar-refractivity contribution in [3.8, 4) is 5.69 Å². The molecule has 6 rings (SSSR count). The van der Waals surface area contributed by atoms with Crippen molar-refractivity contribution in [2.24, 2.45) is 0 Å². The van der Waals surface area contributed by atoms with Gasteiger partial charge in [0.1, 0.15) is 0 Å². The van der Waals surface area contributed by atoms with Crippen LogP contribution in [0, 0.1) is 6.92 Å². The Labute approximate surface area is 327 Å². The van der Waals surface area contributed by atoms with E-state index in [-0.39, 0.29) is 38.6 Å². The van der Waals surface area contributed by atoms with Crippen LogP contribution in [-0.4, -0.2) is 79.4 Å². The van der Waals surface area contributed by atoms with Crippen molar-refractivity contribution in [3.05, 3.63) is 118 Å². The number of anilines is 1. The Hall–Kier alpha value is -5.20. The molecule has 4 aromatic carbocycles. The third kappa shape index (κ3) is 8.40. The smallest absolute Gasteiger partial charge is 0.275 e. The molecule has 0 saturated carbocycles. The maximum atomic E-state index is 14.5. The fourth-order valence-corrected chi connectivity index (χ4v) is 7.99. The topological polar surface area (TPSA) is 125 Å². The van der Waals surface area contributed by atoms with Gasteiger partial charge in [-0.2, -0.15) is 5.10 Å². The van der Waals surface area contributed by atoms with Gasteiger partial charge in [0.2, 0.25) is 0 Å². The SMILES string of the molecule is CCCCN(CCCC)C(=O)c1nn(-c2ccc(C(=O)NS(=O)(=O)c3ccc4cc(N(C)C)ccc4c3)cc2C(=O)N2CCc3ccccc3C2)c(C)c1Cl. The van der Waals surface area contributed by atoms with Gasteiger partial charge in [-0.1, -0.05) is 74.7 Å². The fourth-order valence-electron chi connectivity index (χ4n) is 6.79. The number of carbonyl (C=O) groups excluding carboxylic acids is 3. The van der Waals surface area contributed by atoms with Gasteiger partial charge in [0.05, 0.1) is 26.9 Å². The summed E-state index contributed by atoms with van der Waals surface area (Å²) >= 11 is 6.82. The van der Waals surface area contributed by atoms with Crippen LogP contribution >= 0.6 is 11.6 Å². The molecule has 2 heterocycles. The summed E-state index contributed by atoms with van der Waals surface area (Å²) < 4.78 is 30.8. The van der Waals surface area contributed by atoms with Crippen LogP contribution in [0.2, 0.25) is 5.02 Å². The first kappa shape index (κ1) is 39.5. The van der Waals surface area contributed by atoms with E-state index in [1.165, 1.54) is 28.9 Å². The van der Waals surface area contributed by atoms with Gasteiger partial charge in [0.15, 0.2) is 5.69 Å². The number of unbranched alkanes of at least 4 members (excludes halogenated alkanes) is 2. The monoisotopic (exact) mass is 782 g/mol. The van der Waals surface area contributed by atoms with E-state index in [0.29, 0.717) is 49.4 Å². The number of nitrogens with zero attached hydrogens (tertiary/aromatic N) is 5. The molecule has 3 amide bonds. The minimum absolute atomic E-state index is 0.0398. The summed E-state index contributed by atoms with van der Waals surface area (Å²) in [5, 5.41) is 6.40. The van der Waals surface area contributed by atoms with Crippen LogP contribution in [0.1, 0.15) is 87.6 Å². The van der Waals surface area contributed by atoms with Crippen LogP contribution in [0.4, 0.5) is 5.69 Å². The van der Waals surface area contributed by atoms with E-state index >= 15 is 0 Å². The number of nitrogens with one attached hydrogen (secondary N) is 1. The minimum Gasteiger partial charge on any atom is -0.378 e. The van der Waals surface area contributed by atoms with Gasteiger partial charge in [-0.3, -0.25) is 14.4 Å². The molecule has 0 unspecified atom stereocenters. The van der Waals surface area contributed by atoms with Crippen molar-refractivity contribution in [2.75, 3.05) is 38.6 Å². The zero-order valence-electron chi connectivity index (χ0n) is 31.9. The highest BCUT2D eigenvalue weighted by molar-refractivity contribution is 7.90. The molecule has 1 aliphatic heterocycles. The number of carbonyl (C=O) groups is 3. The number of benzene rings is 4. The first-order valence-corrected chi connectivity index (χ1v) is 20.5. The molecule has 0 aliphatic carbocycles. The van der Waals surface area contributed by atoms with E-state index in [1.54, 1.807) is 28.9 Å². The van der Waals surface area contributed by atoms with E-state index in [1.807, 2.05) is 61.5 Å². The second-order valence-corrected chi connectivity index (χ2v) is 16.2. The number of fused-ring (bicyclic) bond motifs is 2. The van der Waals surface area contributed by atoms with Crippen LogP contribution in [0.3, 0.4) is 0 Å². The molecule has 0 fully saturated rings. The Bertz CT molecular complexity index is 2370. The van der Waals surface area contributed by atoms with Gasteiger partial charge < -0.3 is 14.7 Å². The maximum Gasteiger partial charge on any atom is 0.275 e. The first-order chi connectivity index (χ1) is 26.3. The Morgan fingerprint density at radius 1 is 0.873 bits per heavy atom. The van der Waals surface area contributed by atoms with Gasteiger partial charge >= 0.3 is 0 Å². The second-order valence-electron chi connectivity index (χ2n) is 14.2. The van der Waals surface area contributed by atoms with Crippen molar-refractivity contribution in [1.29, 1.82) is 0 Å². The van der Waals surface area contributed by atoms with Crippen LogP contribution in [0.5, 0.6) is 0 Å². The lowest BCUT2D eigenvalue weighted by atomic mass is 9.98. The molecule has 5 aromatic rings. The number of aromatic nitrogens is 2. The average Bonchev–Trinajstić information content (AvgIpc) is 3.49. The number of amides is 3. The number of rotatable bonds is 13. The largest absolute Gasteiger partial charge is 0.378 e. The molecule has 288 valence electrons. The van der Waals surface area contributed by atoms with Crippen LogP contribution in [0.15, 0.2) is 83.8 Å². The van der Waals surface area contributed by atoms with E-state index in [4.69, 9.17) is 11.6 Å². The number of hydrogen-bond donors (Lipinski definition) is 1. The molecule has 13 heteroatoms. The van der Waals surface area contributed by atoms with Gasteiger partial charge in [-0.25, -0.2) is 17.8 Å². The van der Waals surface area contributed by atoms with E-state index < -0.39 is 15.9 Å². The molecular weight excluding hydrogens is 736 g/mol. The second kappa shape index (κ2) is 16.7. The molecule has 1 aromatic heterocycles. The predicted molar refractivity (Wildman–Crippen MR) is 217 cm³/mol. The fraction of sp³-hybridized carbons (Fsp3) is 0.333. The Balaban J connectivity index is 1.36. The number of sulfonamides is 1. The van der Waals surface area contributed by atoms with Gasteiger partial charge in [-0.15, -0.1) is 0 Å². The molecule has 1 N–H and O–H groups in total. The summed E-state index contributed by atoms with van der Waals surface area (Å²) in [6, 6.07) is 22.6. The molecule has 11 nitrogen and oxygen atoms in total. The Morgan fingerprint density at radius 2 is 1.55 bits per heavy atom. The van der Waals surface area contributed by atoms with Crippen molar-refractivity contribution >= 4 is 55.8 Å². The molecule has 55 heavy (non-hydrogen) atoms. The molecule has 0 bridgehead atoms. The third-order valence-corrected chi connectivity index (χ3v) is 11.9. The lowest BCUT2D eigenvalue weighted by Crippen LogP contribution is -2.37. The molecule has 0 radical (unpaired) electrons. The quantitative estimate of drug-likeness (QED) is 0.132. The zero-order chi connectivity index (χ0) is 39.4. The van der Waals surface area contributed by atoms with Gasteiger partial charge in [0, 0.05) is 51.5 Å². The summed E-state index contributed by atoms with van der Waals surface area (Å²) in [5.41, 5.74) is 4.05. The standard InChI is InChI=1S/C42H47ClN6O5S/c1-6-8-21-47(22-9-7-2)42(52)39-38(43)28(3)49(44-39)37-19-16-32(26-36(37)41(51)48-23-20-29-12-10-11-13-33(29)27-48)40(50)45-55(53,54)35-18-15-30-24-34(46(4)5)17-14-31(30)25-35/h10-19,24-26H,6-9,20-23,27H2,1-5H3,(H,45,50). The Kier molecular flexibility index (Phi) is 12.0. The highest BCUT2D eigenvalue weighted by atomic mass is 35.5. The average molecular weight is 783 g/mol. The summed E-state index contributed by atoms with van der Waals surface area (Å²) in [6.45, 7) is 7.78. The normalized spacial score (nSPS) is 12.7. The maximum absolute atomic E-state index is 14.5. The summed E-state index contributed by atoms with van der Waals surface area (Å²) in [4.78, 5) is 47.4. The highest BCUT2D eigenvalue weighted by Crippen LogP contribution is 2.30. The van der Waals surface area contributed by atoms with Crippen molar-refractivity contribution in [3.63, 3.8) is 0 Å². The molecular formula is C42H47ClN6O5S. The summed E-state index contributed by atoms with van der Waals surface area (Å²) in [7, 11) is -0.449. The van der Waals surface area contributed by atoms with E-state index in [0.717, 1.165) is 47.9 Å². The zero-order valence-corrected chi connectivity index (χ0v) is 33.5. The van der Waals surface area contributed by atoms with Crippen molar-refractivity contribution in [2.45, 2.75) is 64.3 Å². The number of hydrogen-bond acceptors (Lipinski definition) is 7. The summed E-state index contributed by atoms with van der Waals surface area (Å²) in [6.07, 6.45) is 4.16. The van der Waals surface area contributed by atoms with Crippen molar-refractivity contribution < 1.29 is 22.8 Å². The highest BCUT2D eigenvalue weighted by Gasteiger charge is 2.30. The van der Waals surface area contributed by atoms with E-state index in [9.17, 15) is 22.8 Å². The van der Waals surface area contributed by atoms with Gasteiger partial charge in [-0.05, 0) is 90.6 Å². The van der Waals surface area contributed by atoms with Crippen LogP contribution in [-0.2, 0) is 23.0 Å². The van der Waals surface area contributed by atoms with E-state index in [2.05, 4.69) is 23.7 Å². The van der Waals surface area contributed by atoms with Crippen LogP contribution < -0.4 is 9.62 Å². The first-order valence-electron chi connectivity index (χ1n) is 18.7. The lowest BCUT2D eigenvalue weighted by Gasteiger charge is -2.29. The molecule has 0 spiro atoms. The Morgan fingerprint density at radius 3 is 2.24 bits per heavy atom. The number of halogens is 1. The molecule has 0 atom stereocenters. The molecule has 0 saturated heterocycles. The third-order valence-electron chi connectivity index (χ3n) is 10.1. The lowest BCUT2D eigenvalue weighted by molar-refractivity contribution is 0.0732. The van der Waals surface area contributed by atoms with Gasteiger partial charge in [0.25, 0.3) is 27.7 Å². The van der Waals surface area contributed by atoms with Crippen LogP contribution in [0.25, 0.3) is 16.5 Å². The minimum atomic E-state index is -4.30.